The molecular weight excluding hydrogens is 304 g/mol. The van der Waals surface area contributed by atoms with E-state index in [4.69, 9.17) is 9.47 Å². The maximum absolute atomic E-state index is 12.8. The number of rotatable bonds is 4. The number of ether oxygens (including phenoxy) is 2. The summed E-state index contributed by atoms with van der Waals surface area (Å²) in [6.07, 6.45) is 7.86. The van der Waals surface area contributed by atoms with Gasteiger partial charge in [-0.3, -0.25) is 4.79 Å². The second-order valence-electron chi connectivity index (χ2n) is 6.50. The first-order chi connectivity index (χ1) is 11.6. The molecule has 0 radical (unpaired) electrons. The van der Waals surface area contributed by atoms with Gasteiger partial charge in [0.25, 0.3) is 0 Å². The molecule has 1 saturated heterocycles. The van der Waals surface area contributed by atoms with E-state index >= 15 is 0 Å². The number of hydrogen-bond acceptors (Lipinski definition) is 4. The Morgan fingerprint density at radius 2 is 1.96 bits per heavy atom. The van der Waals surface area contributed by atoms with Crippen molar-refractivity contribution >= 4 is 12.0 Å². The lowest BCUT2D eigenvalue weighted by molar-refractivity contribution is -0.130. The van der Waals surface area contributed by atoms with Crippen LogP contribution in [0.5, 0.6) is 11.5 Å². The van der Waals surface area contributed by atoms with Crippen molar-refractivity contribution in [3.8, 4) is 11.5 Å². The maximum atomic E-state index is 12.8. The molecule has 1 N–H and O–H groups in total. The molecule has 0 spiro atoms. The molecule has 2 aliphatic rings. The number of amides is 1. The van der Waals surface area contributed by atoms with Crippen LogP contribution in [0.1, 0.15) is 37.3 Å². The highest BCUT2D eigenvalue weighted by Crippen LogP contribution is 2.33. The molecule has 2 heterocycles. The van der Waals surface area contributed by atoms with Gasteiger partial charge in [0.1, 0.15) is 0 Å². The van der Waals surface area contributed by atoms with Crippen LogP contribution in [0.25, 0.3) is 6.08 Å². The van der Waals surface area contributed by atoms with Crippen molar-refractivity contribution in [2.75, 3.05) is 20.8 Å². The van der Waals surface area contributed by atoms with Crippen LogP contribution < -0.4 is 14.8 Å². The van der Waals surface area contributed by atoms with E-state index in [9.17, 15) is 4.79 Å². The fourth-order valence-electron chi connectivity index (χ4n) is 3.59. The topological polar surface area (TPSA) is 50.8 Å². The third-order valence-corrected chi connectivity index (χ3v) is 5.06. The monoisotopic (exact) mass is 330 g/mol. The molecule has 2 atom stereocenters. The highest BCUT2D eigenvalue weighted by atomic mass is 16.5. The van der Waals surface area contributed by atoms with Crippen LogP contribution in [0.4, 0.5) is 0 Å². The summed E-state index contributed by atoms with van der Waals surface area (Å²) in [6.45, 7) is 3.16. The zero-order valence-electron chi connectivity index (χ0n) is 14.7. The van der Waals surface area contributed by atoms with Gasteiger partial charge in [-0.05, 0) is 55.6 Å². The maximum Gasteiger partial charge on any atom is 0.231 e. The number of fused-ring (bicyclic) bond motifs is 1. The zero-order valence-corrected chi connectivity index (χ0v) is 14.7. The van der Waals surface area contributed by atoms with Crippen molar-refractivity contribution in [2.45, 2.75) is 44.7 Å². The van der Waals surface area contributed by atoms with E-state index in [-0.39, 0.29) is 11.9 Å². The van der Waals surface area contributed by atoms with E-state index in [1.807, 2.05) is 29.3 Å². The normalized spacial score (nSPS) is 21.9. The fourth-order valence-corrected chi connectivity index (χ4v) is 3.59. The molecule has 0 saturated carbocycles. The summed E-state index contributed by atoms with van der Waals surface area (Å²) in [5.74, 6) is 1.47. The highest BCUT2D eigenvalue weighted by Gasteiger charge is 2.28. The minimum Gasteiger partial charge on any atom is -0.493 e. The average Bonchev–Trinajstić information content (AvgIpc) is 2.78. The van der Waals surface area contributed by atoms with E-state index in [2.05, 4.69) is 12.2 Å². The van der Waals surface area contributed by atoms with Gasteiger partial charge in [-0.2, -0.15) is 0 Å². The largest absolute Gasteiger partial charge is 0.493 e. The third kappa shape index (κ3) is 3.26. The molecule has 3 rings (SSSR count). The van der Waals surface area contributed by atoms with Crippen molar-refractivity contribution in [3.63, 3.8) is 0 Å². The number of carbonyl (C=O) groups is 1. The standard InChI is InChI=1S/C19H26N2O3/c1-13(16-6-4-5-8-20-16)21-9-7-14-10-17(23-2)18(24-3)11-15(14)12-19(21)22/h7,9-11,13,16,20H,4-6,8,12H2,1-3H3. The molecule has 1 amide bonds. The summed E-state index contributed by atoms with van der Waals surface area (Å²) >= 11 is 0. The SMILES string of the molecule is COc1cc2c(cc1OC)CC(=O)N(C(C)C1CCCCN1)C=C2. The molecule has 5 heteroatoms. The molecule has 130 valence electrons. The summed E-state index contributed by atoms with van der Waals surface area (Å²) in [6, 6.07) is 4.35. The Morgan fingerprint density at radius 3 is 2.62 bits per heavy atom. The molecule has 1 fully saturated rings. The Balaban J connectivity index is 1.85. The summed E-state index contributed by atoms with van der Waals surface area (Å²) in [7, 11) is 3.24. The quantitative estimate of drug-likeness (QED) is 0.922. The van der Waals surface area contributed by atoms with E-state index in [1.165, 1.54) is 12.8 Å². The average molecular weight is 330 g/mol. The molecular formula is C19H26N2O3. The molecule has 24 heavy (non-hydrogen) atoms. The number of methoxy groups -OCH3 is 2. The van der Waals surface area contributed by atoms with Crippen LogP contribution in [0.15, 0.2) is 18.3 Å². The number of nitrogens with one attached hydrogen (secondary N) is 1. The van der Waals surface area contributed by atoms with Gasteiger partial charge in [-0.1, -0.05) is 6.42 Å². The number of carbonyl (C=O) groups excluding carboxylic acids is 1. The lowest BCUT2D eigenvalue weighted by atomic mass is 9.98. The number of nitrogens with zero attached hydrogens (tertiary/aromatic N) is 1. The van der Waals surface area contributed by atoms with E-state index < -0.39 is 0 Å². The van der Waals surface area contributed by atoms with Crippen molar-refractivity contribution in [1.82, 2.24) is 10.2 Å². The van der Waals surface area contributed by atoms with Gasteiger partial charge >= 0.3 is 0 Å². The van der Waals surface area contributed by atoms with Crippen LogP contribution in [0.2, 0.25) is 0 Å². The van der Waals surface area contributed by atoms with Crippen LogP contribution >= 0.6 is 0 Å². The van der Waals surface area contributed by atoms with Crippen LogP contribution in [0, 0.1) is 0 Å². The van der Waals surface area contributed by atoms with Crippen LogP contribution in [-0.2, 0) is 11.2 Å². The van der Waals surface area contributed by atoms with Crippen molar-refractivity contribution in [3.05, 3.63) is 29.5 Å². The molecule has 2 unspecified atom stereocenters. The van der Waals surface area contributed by atoms with E-state index in [0.29, 0.717) is 24.0 Å². The number of hydrogen-bond donors (Lipinski definition) is 1. The van der Waals surface area contributed by atoms with Gasteiger partial charge in [0, 0.05) is 18.3 Å². The molecule has 0 aliphatic carbocycles. The van der Waals surface area contributed by atoms with Gasteiger partial charge < -0.3 is 19.7 Å². The molecule has 1 aromatic rings. The van der Waals surface area contributed by atoms with Gasteiger partial charge in [0.15, 0.2) is 11.5 Å². The zero-order chi connectivity index (χ0) is 17.1. The lowest BCUT2D eigenvalue weighted by Gasteiger charge is -2.35. The molecule has 0 aromatic heterocycles. The first kappa shape index (κ1) is 16.8. The highest BCUT2D eigenvalue weighted by molar-refractivity contribution is 5.84. The first-order valence-electron chi connectivity index (χ1n) is 8.61. The summed E-state index contributed by atoms with van der Waals surface area (Å²) in [5, 5.41) is 3.55. The van der Waals surface area contributed by atoms with Gasteiger partial charge in [-0.15, -0.1) is 0 Å². The van der Waals surface area contributed by atoms with Crippen molar-refractivity contribution in [2.24, 2.45) is 0 Å². The smallest absolute Gasteiger partial charge is 0.231 e. The lowest BCUT2D eigenvalue weighted by Crippen LogP contribution is -2.50. The Bertz CT molecular complexity index is 636. The molecule has 5 nitrogen and oxygen atoms in total. The van der Waals surface area contributed by atoms with E-state index in [0.717, 1.165) is 24.1 Å². The Morgan fingerprint density at radius 1 is 1.21 bits per heavy atom. The minimum absolute atomic E-state index is 0.122. The predicted molar refractivity (Wildman–Crippen MR) is 94.2 cm³/mol. The Labute approximate surface area is 143 Å². The summed E-state index contributed by atoms with van der Waals surface area (Å²) in [4.78, 5) is 14.7. The molecule has 1 aromatic carbocycles. The Hall–Kier alpha value is -2.01. The Kier molecular flexibility index (Phi) is 5.09. The second kappa shape index (κ2) is 7.26. The van der Waals surface area contributed by atoms with Gasteiger partial charge in [-0.25, -0.2) is 0 Å². The third-order valence-electron chi connectivity index (χ3n) is 5.06. The fraction of sp³-hybridized carbons (Fsp3) is 0.526. The van der Waals surface area contributed by atoms with Crippen LogP contribution in [0.3, 0.4) is 0 Å². The molecule has 2 aliphatic heterocycles. The minimum atomic E-state index is 0.122. The summed E-state index contributed by atoms with van der Waals surface area (Å²) in [5.41, 5.74) is 1.98. The summed E-state index contributed by atoms with van der Waals surface area (Å²) < 4.78 is 10.7. The first-order valence-corrected chi connectivity index (χ1v) is 8.61. The number of piperidine rings is 1. The van der Waals surface area contributed by atoms with E-state index in [1.54, 1.807) is 14.2 Å². The second-order valence-corrected chi connectivity index (χ2v) is 6.50. The molecule has 0 bridgehead atoms. The van der Waals surface area contributed by atoms with Crippen molar-refractivity contribution in [1.29, 1.82) is 0 Å². The predicted octanol–water partition coefficient (Wildman–Crippen LogP) is 2.59. The van der Waals surface area contributed by atoms with Crippen molar-refractivity contribution < 1.29 is 14.3 Å². The van der Waals surface area contributed by atoms with Gasteiger partial charge in [0.2, 0.25) is 5.91 Å². The number of benzene rings is 1. The van der Waals surface area contributed by atoms with Crippen LogP contribution in [-0.4, -0.2) is 43.7 Å². The van der Waals surface area contributed by atoms with Gasteiger partial charge in [0.05, 0.1) is 20.6 Å².